The Labute approximate surface area is 404 Å². The molecule has 2 aromatic heterocycles. The third-order valence-corrected chi connectivity index (χ3v) is 17.0. The zero-order valence-electron chi connectivity index (χ0n) is 40.7. The minimum absolute atomic E-state index is 0.0201. The Balaban J connectivity index is 1.09. The average molecular weight is 967 g/mol. The van der Waals surface area contributed by atoms with E-state index in [9.17, 15) is 32.7 Å². The molecule has 3 amide bonds. The summed E-state index contributed by atoms with van der Waals surface area (Å²) in [6.45, 7) is 13.9. The van der Waals surface area contributed by atoms with Crippen LogP contribution >= 0.6 is 0 Å². The van der Waals surface area contributed by atoms with Gasteiger partial charge in [0.15, 0.2) is 0 Å². The van der Waals surface area contributed by atoms with Crippen LogP contribution in [0.2, 0.25) is 0 Å². The van der Waals surface area contributed by atoms with E-state index in [1.54, 1.807) is 30.3 Å². The number of phenolic OH excluding ortho intramolecular Hbond substituents is 1. The Morgan fingerprint density at radius 2 is 1.81 bits per heavy atom. The number of pyridine rings is 1. The van der Waals surface area contributed by atoms with E-state index < -0.39 is 62.1 Å². The number of nitrogens with zero attached hydrogens (tertiary/aromatic N) is 5. The number of hydrogen-bond acceptors (Lipinski definition) is 12. The third-order valence-electron chi connectivity index (χ3n) is 14.9. The fourth-order valence-electron chi connectivity index (χ4n) is 11.1. The predicted molar refractivity (Wildman–Crippen MR) is 260 cm³/mol. The van der Waals surface area contributed by atoms with Crippen molar-refractivity contribution in [3.8, 4) is 28.1 Å². The molecule has 1 unspecified atom stereocenters. The number of aromatic nitrogens is 2. The van der Waals surface area contributed by atoms with E-state index in [1.165, 1.54) is 9.31 Å². The number of carbonyl (C=O) groups excluding carboxylic acids is 4. The van der Waals surface area contributed by atoms with Crippen molar-refractivity contribution in [1.29, 1.82) is 0 Å². The van der Waals surface area contributed by atoms with Crippen molar-refractivity contribution in [2.75, 3.05) is 46.4 Å². The van der Waals surface area contributed by atoms with Crippen LogP contribution in [0.4, 0.5) is 0 Å². The summed E-state index contributed by atoms with van der Waals surface area (Å²) in [5.74, 6) is -2.15. The lowest BCUT2D eigenvalue weighted by atomic mass is 9.84. The monoisotopic (exact) mass is 966 g/mol. The van der Waals surface area contributed by atoms with Crippen LogP contribution in [0, 0.1) is 16.7 Å². The van der Waals surface area contributed by atoms with E-state index in [-0.39, 0.29) is 62.9 Å². The number of nitrogens with one attached hydrogen (secondary N) is 3. The van der Waals surface area contributed by atoms with Crippen LogP contribution in [-0.4, -0.2) is 131 Å². The van der Waals surface area contributed by atoms with Crippen LogP contribution in [0.15, 0.2) is 54.7 Å². The van der Waals surface area contributed by atoms with E-state index >= 15 is 0 Å². The molecule has 6 atom stereocenters. The largest absolute Gasteiger partial charge is 0.508 e. The lowest BCUT2D eigenvalue weighted by Gasteiger charge is -2.37. The standard InChI is InChI=1S/C51H66N8O9S/c1-8-57-41-14-13-33-25-37(41)38(45(57)36-11-9-17-52-43(36)31(4)67-7)26-50(5,6)29-68-48(63)39-12-10-18-59(55-39)47(62)40(23-32-21-34(33)24-35(60)22-32)54-46(61)44(30(2)3)58-20-16-51(49(58)64)15-19-56(28-51)69(65,66)42-27-53-42/h9,11,13-14,17,21-22,24-25,30-31,39-40,42,44,53,55,60H,8,10,12,15-16,18-20,23,26-29H2,1-7H3,(H,54,61)/t31-,39-,40-,42-,44?,51-/m0/s1. The molecule has 4 saturated heterocycles. The number of esters is 1. The highest BCUT2D eigenvalue weighted by molar-refractivity contribution is 7.90. The molecule has 9 rings (SSSR count). The van der Waals surface area contributed by atoms with Crippen LogP contribution in [0.1, 0.15) is 90.2 Å². The van der Waals surface area contributed by atoms with E-state index in [4.69, 9.17) is 14.5 Å². The van der Waals surface area contributed by atoms with Crippen molar-refractivity contribution < 1.29 is 42.2 Å². The molecule has 5 aliphatic heterocycles. The molecule has 69 heavy (non-hydrogen) atoms. The number of rotatable bonds is 10. The van der Waals surface area contributed by atoms with Crippen LogP contribution in [0.5, 0.6) is 5.75 Å². The average Bonchev–Trinajstić information content (AvgIpc) is 3.95. The maximum atomic E-state index is 14.8. The number of hydrogen-bond donors (Lipinski definition) is 4. The van der Waals surface area contributed by atoms with Gasteiger partial charge < -0.3 is 29.4 Å². The number of benzene rings is 2. The SMILES string of the molecule is CCn1c(-c2cccnc2[C@H](C)OC)c2c3cc(ccc31)-c1cc(O)cc(c1)C[C@H](NC(=O)C(C(C)C)N1CC[C@]3(CCN(S(=O)(=O)[C@H]4CN4)C3)C1=O)C(=O)N1CCC[C@H](N1)C(=O)OCC(C)(C)C2. The van der Waals surface area contributed by atoms with E-state index in [0.717, 1.165) is 39.0 Å². The van der Waals surface area contributed by atoms with Crippen molar-refractivity contribution in [3.05, 3.63) is 71.5 Å². The summed E-state index contributed by atoms with van der Waals surface area (Å²) < 4.78 is 41.9. The molecule has 0 aliphatic carbocycles. The highest BCUT2D eigenvalue weighted by Gasteiger charge is 2.57. The van der Waals surface area contributed by atoms with Gasteiger partial charge >= 0.3 is 5.97 Å². The van der Waals surface area contributed by atoms with E-state index in [2.05, 4.69) is 59.6 Å². The maximum Gasteiger partial charge on any atom is 0.324 e. The number of ether oxygens (including phenoxy) is 2. The maximum absolute atomic E-state index is 14.8. The molecule has 1 spiro atoms. The number of hydrazine groups is 1. The van der Waals surface area contributed by atoms with Crippen LogP contribution < -0.4 is 16.1 Å². The van der Waals surface area contributed by atoms with E-state index in [0.29, 0.717) is 56.3 Å². The molecule has 0 saturated carbocycles. The van der Waals surface area contributed by atoms with Crippen LogP contribution in [-0.2, 0) is 58.1 Å². The van der Waals surface area contributed by atoms with Gasteiger partial charge in [-0.1, -0.05) is 39.8 Å². The smallest absolute Gasteiger partial charge is 0.324 e. The molecule has 370 valence electrons. The number of methoxy groups -OCH3 is 1. The topological polar surface area (TPSA) is 215 Å². The van der Waals surface area contributed by atoms with E-state index in [1.807, 2.05) is 39.0 Å². The number of carbonyl (C=O) groups is 4. The Kier molecular flexibility index (Phi) is 13.2. The number of cyclic esters (lactones) is 1. The Hall–Kier alpha value is -5.40. The highest BCUT2D eigenvalue weighted by atomic mass is 32.2. The van der Waals surface area contributed by atoms with Crippen molar-refractivity contribution in [2.24, 2.45) is 16.7 Å². The van der Waals surface area contributed by atoms with Gasteiger partial charge in [0.2, 0.25) is 21.8 Å². The van der Waals surface area contributed by atoms with Gasteiger partial charge in [0.25, 0.3) is 5.91 Å². The van der Waals surface area contributed by atoms with Crippen LogP contribution in [0.25, 0.3) is 33.3 Å². The Bertz CT molecular complexity index is 2790. The number of aryl methyl sites for hydroxylation is 1. The second kappa shape index (κ2) is 18.7. The minimum Gasteiger partial charge on any atom is -0.508 e. The molecular weight excluding hydrogens is 901 g/mol. The number of amides is 3. The molecule has 2 aromatic carbocycles. The summed E-state index contributed by atoms with van der Waals surface area (Å²) in [5, 5.41) is 19.0. The predicted octanol–water partition coefficient (Wildman–Crippen LogP) is 4.66. The molecule has 4 aromatic rings. The molecule has 18 heteroatoms. The van der Waals surface area contributed by atoms with Crippen molar-refractivity contribution in [3.63, 3.8) is 0 Å². The van der Waals surface area contributed by atoms with Gasteiger partial charge in [-0.25, -0.2) is 13.8 Å². The van der Waals surface area contributed by atoms with Gasteiger partial charge in [-0.2, -0.15) is 4.31 Å². The fraction of sp³-hybridized carbons (Fsp3) is 0.549. The summed E-state index contributed by atoms with van der Waals surface area (Å²) in [4.78, 5) is 64.3. The summed E-state index contributed by atoms with van der Waals surface area (Å²) >= 11 is 0. The van der Waals surface area contributed by atoms with Gasteiger partial charge in [-0.15, -0.1) is 0 Å². The molecule has 4 fully saturated rings. The quantitative estimate of drug-likeness (QED) is 0.126. The number of sulfonamides is 1. The van der Waals surface area contributed by atoms with Crippen molar-refractivity contribution in [1.82, 2.24) is 39.8 Å². The molecular formula is C51H66N8O9S. The lowest BCUT2D eigenvalue weighted by Crippen LogP contribution is -2.62. The highest BCUT2D eigenvalue weighted by Crippen LogP contribution is 2.45. The molecule has 5 aliphatic rings. The van der Waals surface area contributed by atoms with Crippen molar-refractivity contribution in [2.45, 2.75) is 116 Å². The first-order valence-electron chi connectivity index (χ1n) is 24.4. The molecule has 0 radical (unpaired) electrons. The first-order valence-corrected chi connectivity index (χ1v) is 25.9. The zero-order valence-corrected chi connectivity index (χ0v) is 41.5. The van der Waals surface area contributed by atoms with Crippen LogP contribution in [0.3, 0.4) is 0 Å². The van der Waals surface area contributed by atoms with Gasteiger partial charge in [-0.3, -0.25) is 34.5 Å². The first-order chi connectivity index (χ1) is 32.8. The Morgan fingerprint density at radius 1 is 1.04 bits per heavy atom. The molecule has 6 bridgehead atoms. The second-order valence-corrected chi connectivity index (χ2v) is 22.9. The normalized spacial score (nSPS) is 25.3. The van der Waals surface area contributed by atoms with Gasteiger partial charge in [0.1, 0.15) is 29.2 Å². The molecule has 4 N–H and O–H groups in total. The summed E-state index contributed by atoms with van der Waals surface area (Å²) in [6, 6.07) is 12.4. The number of likely N-dealkylation sites (tertiary alicyclic amines) is 1. The van der Waals surface area contributed by atoms with Crippen molar-refractivity contribution >= 4 is 44.6 Å². The number of aromatic hydroxyl groups is 1. The summed E-state index contributed by atoms with van der Waals surface area (Å²) in [5.41, 5.74) is 8.54. The first kappa shape index (κ1) is 48.6. The molecule has 7 heterocycles. The lowest BCUT2D eigenvalue weighted by molar-refractivity contribution is -0.155. The Morgan fingerprint density at radius 3 is 2.54 bits per heavy atom. The summed E-state index contributed by atoms with van der Waals surface area (Å²) in [7, 11) is -1.92. The fourth-order valence-corrected chi connectivity index (χ4v) is 12.8. The van der Waals surface area contributed by atoms with Gasteiger partial charge in [0.05, 0.1) is 29.5 Å². The van der Waals surface area contributed by atoms with Gasteiger partial charge in [0, 0.05) is 80.9 Å². The van der Waals surface area contributed by atoms with Gasteiger partial charge in [-0.05, 0) is 111 Å². The summed E-state index contributed by atoms with van der Waals surface area (Å²) in [6.07, 6.45) is 3.68. The zero-order chi connectivity index (χ0) is 49.2. The second-order valence-electron chi connectivity index (χ2n) is 20.8. The minimum atomic E-state index is -3.59. The number of phenols is 1. The number of fused-ring (bicyclic) bond motifs is 6. The third kappa shape index (κ3) is 9.26. The molecule has 17 nitrogen and oxygen atoms in total.